The molecule has 0 aliphatic rings. The van der Waals surface area contributed by atoms with Crippen molar-refractivity contribution in [1.29, 1.82) is 0 Å². The second-order valence-electron chi connectivity index (χ2n) is 3.18. The van der Waals surface area contributed by atoms with Crippen LogP contribution >= 0.6 is 11.6 Å². The Morgan fingerprint density at radius 3 is 3.07 bits per heavy atom. The molecule has 0 bridgehead atoms. The number of nitrogens with zero attached hydrogens (tertiary/aromatic N) is 3. The number of aromatic amines is 1. The maximum Gasteiger partial charge on any atom is 0.0922 e. The summed E-state index contributed by atoms with van der Waals surface area (Å²) in [6.07, 6.45) is 5.32. The number of benzene rings is 1. The van der Waals surface area contributed by atoms with Gasteiger partial charge in [-0.2, -0.15) is 10.2 Å². The Balaban J connectivity index is 2.37. The van der Waals surface area contributed by atoms with Crippen molar-refractivity contribution in [2.45, 2.75) is 0 Å². The highest BCUT2D eigenvalue weighted by molar-refractivity contribution is 6.35. The van der Waals surface area contributed by atoms with Crippen LogP contribution in [0.1, 0.15) is 0 Å². The summed E-state index contributed by atoms with van der Waals surface area (Å²) < 4.78 is 1.77. The predicted molar refractivity (Wildman–Crippen MR) is 58.2 cm³/mol. The fraction of sp³-hybridized carbons (Fsp3) is 0. The molecule has 0 atom stereocenters. The Hall–Kier alpha value is -1.81. The fourth-order valence-corrected chi connectivity index (χ4v) is 1.80. The lowest BCUT2D eigenvalue weighted by Crippen LogP contribution is -1.95. The molecule has 0 amide bonds. The molecule has 2 aromatic heterocycles. The average molecular weight is 219 g/mol. The number of fused-ring (bicyclic) bond motifs is 1. The molecule has 0 aliphatic heterocycles. The van der Waals surface area contributed by atoms with E-state index in [1.54, 1.807) is 17.1 Å². The molecule has 0 radical (unpaired) electrons. The van der Waals surface area contributed by atoms with E-state index in [2.05, 4.69) is 15.3 Å². The van der Waals surface area contributed by atoms with Crippen LogP contribution in [0.3, 0.4) is 0 Å². The summed E-state index contributed by atoms with van der Waals surface area (Å²) in [5.41, 5.74) is 1.84. The minimum absolute atomic E-state index is 0.689. The van der Waals surface area contributed by atoms with Gasteiger partial charge in [-0.05, 0) is 18.2 Å². The first-order valence-electron chi connectivity index (χ1n) is 4.48. The number of nitrogens with one attached hydrogen (secondary N) is 1. The van der Waals surface area contributed by atoms with E-state index < -0.39 is 0 Å². The second kappa shape index (κ2) is 3.10. The van der Waals surface area contributed by atoms with Crippen LogP contribution in [0, 0.1) is 0 Å². The van der Waals surface area contributed by atoms with E-state index in [9.17, 15) is 0 Å². The Morgan fingerprint density at radius 2 is 2.27 bits per heavy atom. The lowest BCUT2D eigenvalue weighted by Gasteiger charge is -2.03. The molecule has 74 valence electrons. The zero-order valence-corrected chi connectivity index (χ0v) is 8.44. The quantitative estimate of drug-likeness (QED) is 0.682. The largest absolute Gasteiger partial charge is 0.276 e. The Labute approximate surface area is 90.5 Å². The van der Waals surface area contributed by atoms with Crippen LogP contribution in [0.4, 0.5) is 0 Å². The summed E-state index contributed by atoms with van der Waals surface area (Å²) in [6.45, 7) is 0. The maximum absolute atomic E-state index is 6.04. The number of hydrogen-bond acceptors (Lipinski definition) is 2. The van der Waals surface area contributed by atoms with Crippen LogP contribution in [0.2, 0.25) is 5.02 Å². The van der Waals surface area contributed by atoms with Gasteiger partial charge in [-0.25, -0.2) is 4.68 Å². The van der Waals surface area contributed by atoms with Crippen molar-refractivity contribution in [3.63, 3.8) is 0 Å². The molecule has 0 spiro atoms. The number of rotatable bonds is 1. The first-order chi connectivity index (χ1) is 7.36. The highest BCUT2D eigenvalue weighted by atomic mass is 35.5. The first kappa shape index (κ1) is 8.49. The van der Waals surface area contributed by atoms with Gasteiger partial charge in [0.25, 0.3) is 0 Å². The minimum atomic E-state index is 0.689. The SMILES string of the molecule is Clc1ccc(-n2cccn2)c2[nH]ncc12. The fourth-order valence-electron chi connectivity index (χ4n) is 1.59. The molecule has 0 saturated heterocycles. The third kappa shape index (κ3) is 1.22. The zero-order valence-electron chi connectivity index (χ0n) is 7.68. The lowest BCUT2D eigenvalue weighted by atomic mass is 10.2. The van der Waals surface area contributed by atoms with Gasteiger partial charge >= 0.3 is 0 Å². The standard InChI is InChI=1S/C10H7ClN4/c11-8-2-3-9(15-5-1-4-13-15)10-7(8)6-12-14-10/h1-6H,(H,12,14). The molecule has 0 unspecified atom stereocenters. The van der Waals surface area contributed by atoms with Crippen LogP contribution < -0.4 is 0 Å². The Morgan fingerprint density at radius 1 is 1.33 bits per heavy atom. The molecule has 0 saturated carbocycles. The van der Waals surface area contributed by atoms with E-state index in [0.29, 0.717) is 5.02 Å². The summed E-state index contributed by atoms with van der Waals surface area (Å²) in [5, 5.41) is 12.7. The first-order valence-corrected chi connectivity index (χ1v) is 4.85. The van der Waals surface area contributed by atoms with Crippen molar-refractivity contribution in [2.24, 2.45) is 0 Å². The average Bonchev–Trinajstić information content (AvgIpc) is 2.88. The van der Waals surface area contributed by atoms with Crippen molar-refractivity contribution in [2.75, 3.05) is 0 Å². The molecule has 5 heteroatoms. The molecule has 1 N–H and O–H groups in total. The molecule has 2 heterocycles. The van der Waals surface area contributed by atoms with Gasteiger partial charge in [0.2, 0.25) is 0 Å². The Bertz CT molecular complexity index is 597. The van der Waals surface area contributed by atoms with Crippen molar-refractivity contribution in [1.82, 2.24) is 20.0 Å². The van der Waals surface area contributed by atoms with Gasteiger partial charge in [-0.3, -0.25) is 5.10 Å². The van der Waals surface area contributed by atoms with E-state index in [0.717, 1.165) is 16.6 Å². The highest BCUT2D eigenvalue weighted by Crippen LogP contribution is 2.26. The van der Waals surface area contributed by atoms with Gasteiger partial charge in [0.1, 0.15) is 0 Å². The molecule has 3 aromatic rings. The van der Waals surface area contributed by atoms with E-state index in [1.165, 1.54) is 0 Å². The summed E-state index contributed by atoms with van der Waals surface area (Å²) in [6, 6.07) is 5.63. The summed E-state index contributed by atoms with van der Waals surface area (Å²) in [7, 11) is 0. The smallest absolute Gasteiger partial charge is 0.0922 e. The number of aromatic nitrogens is 4. The van der Waals surface area contributed by atoms with Gasteiger partial charge in [0.15, 0.2) is 0 Å². The number of hydrogen-bond donors (Lipinski definition) is 1. The van der Waals surface area contributed by atoms with Gasteiger partial charge in [-0.1, -0.05) is 11.6 Å². The van der Waals surface area contributed by atoms with Crippen LogP contribution in [0.25, 0.3) is 16.6 Å². The number of halogens is 1. The van der Waals surface area contributed by atoms with Gasteiger partial charge in [0.05, 0.1) is 22.4 Å². The molecule has 0 fully saturated rings. The van der Waals surface area contributed by atoms with Gasteiger partial charge < -0.3 is 0 Å². The zero-order chi connectivity index (χ0) is 10.3. The molecular weight excluding hydrogens is 212 g/mol. The molecule has 4 nitrogen and oxygen atoms in total. The third-order valence-corrected chi connectivity index (χ3v) is 2.62. The Kier molecular flexibility index (Phi) is 1.76. The van der Waals surface area contributed by atoms with E-state index in [-0.39, 0.29) is 0 Å². The van der Waals surface area contributed by atoms with Crippen molar-refractivity contribution in [3.05, 3.63) is 41.8 Å². The summed E-state index contributed by atoms with van der Waals surface area (Å²) >= 11 is 6.04. The van der Waals surface area contributed by atoms with E-state index in [4.69, 9.17) is 11.6 Å². The number of H-pyrrole nitrogens is 1. The normalized spacial score (nSPS) is 11.0. The third-order valence-electron chi connectivity index (χ3n) is 2.29. The van der Waals surface area contributed by atoms with Gasteiger partial charge in [-0.15, -0.1) is 0 Å². The van der Waals surface area contributed by atoms with E-state index >= 15 is 0 Å². The summed E-state index contributed by atoms with van der Waals surface area (Å²) in [4.78, 5) is 0. The monoisotopic (exact) mass is 218 g/mol. The molecule has 15 heavy (non-hydrogen) atoms. The highest BCUT2D eigenvalue weighted by Gasteiger charge is 2.07. The molecular formula is C10H7ClN4. The topological polar surface area (TPSA) is 46.5 Å². The van der Waals surface area contributed by atoms with Crippen LogP contribution in [0.5, 0.6) is 0 Å². The second-order valence-corrected chi connectivity index (χ2v) is 3.58. The van der Waals surface area contributed by atoms with Crippen LogP contribution in [-0.4, -0.2) is 20.0 Å². The van der Waals surface area contributed by atoms with E-state index in [1.807, 2.05) is 24.4 Å². The van der Waals surface area contributed by atoms with Crippen molar-refractivity contribution < 1.29 is 0 Å². The van der Waals surface area contributed by atoms with Gasteiger partial charge in [0, 0.05) is 17.8 Å². The molecule has 0 aliphatic carbocycles. The van der Waals surface area contributed by atoms with Crippen molar-refractivity contribution in [3.8, 4) is 5.69 Å². The van der Waals surface area contributed by atoms with Crippen LogP contribution in [-0.2, 0) is 0 Å². The maximum atomic E-state index is 6.04. The lowest BCUT2D eigenvalue weighted by molar-refractivity contribution is 0.883. The molecule has 3 rings (SSSR count). The summed E-state index contributed by atoms with van der Waals surface area (Å²) in [5.74, 6) is 0. The molecule has 1 aromatic carbocycles. The predicted octanol–water partition coefficient (Wildman–Crippen LogP) is 2.40. The van der Waals surface area contributed by atoms with Crippen molar-refractivity contribution >= 4 is 22.5 Å². The van der Waals surface area contributed by atoms with Crippen LogP contribution in [0.15, 0.2) is 36.8 Å². The minimum Gasteiger partial charge on any atom is -0.276 e.